The molecule has 0 aromatic heterocycles. The van der Waals surface area contributed by atoms with Crippen molar-refractivity contribution in [3.8, 4) is 0 Å². The maximum Gasteiger partial charge on any atom is 0.472 e. The van der Waals surface area contributed by atoms with Crippen LogP contribution in [0.15, 0.2) is 72.9 Å². The van der Waals surface area contributed by atoms with Gasteiger partial charge in [0, 0.05) is 19.3 Å². The topological polar surface area (TPSA) is 227 Å². The Kier molecular flexibility index (Phi) is 33.4. The Balaban J connectivity index is 2.55. The summed E-state index contributed by atoms with van der Waals surface area (Å²) in [6.07, 6.45) is 28.0. The van der Waals surface area contributed by atoms with E-state index in [9.17, 15) is 49.4 Å². The highest BCUT2D eigenvalue weighted by atomic mass is 31.2. The molecule has 8 atom stereocenters. The number of hydrogen-bond acceptors (Lipinski definition) is 13. The SMILES string of the molecule is CCCCC/C=C\C/C=C\CCCCCCCC(=O)OC[C@H](COP(=O)(O)OC1[C@H](O)[C@H](O)C(O)[C@H](O)[C@H]1O)OC(=O)CCC/C=C\C/C=C\C/C=C\C=C\C(=O)CCCCC. The van der Waals surface area contributed by atoms with Gasteiger partial charge in [-0.25, -0.2) is 4.57 Å². The van der Waals surface area contributed by atoms with Crippen LogP contribution in [0.1, 0.15) is 149 Å². The summed E-state index contributed by atoms with van der Waals surface area (Å²) in [6.45, 7) is 3.03. The fourth-order valence-electron chi connectivity index (χ4n) is 6.26. The van der Waals surface area contributed by atoms with E-state index in [1.54, 1.807) is 12.2 Å². The number of phosphoric ester groups is 1. The van der Waals surface area contributed by atoms with Gasteiger partial charge in [0.25, 0.3) is 0 Å². The Bertz CT molecular complexity index is 1420. The van der Waals surface area contributed by atoms with Gasteiger partial charge in [-0.2, -0.15) is 0 Å². The lowest BCUT2D eigenvalue weighted by Gasteiger charge is -2.41. The molecular weight excluding hydrogens is 819 g/mol. The number of ether oxygens (including phenoxy) is 2. The monoisotopic (exact) mass is 897 g/mol. The minimum atomic E-state index is -5.15. The predicted molar refractivity (Wildman–Crippen MR) is 240 cm³/mol. The van der Waals surface area contributed by atoms with Crippen LogP contribution in [0.3, 0.4) is 0 Å². The molecular formula is C47H77O14P. The van der Waals surface area contributed by atoms with E-state index in [-0.39, 0.29) is 18.6 Å². The van der Waals surface area contributed by atoms with Crippen LogP contribution in [-0.2, 0) is 37.5 Å². The number of carbonyl (C=O) groups excluding carboxylic acids is 3. The highest BCUT2D eigenvalue weighted by molar-refractivity contribution is 7.47. The standard InChI is InChI=1S/C47H77O14P/c1-3-5-7-8-9-10-11-12-13-14-17-20-23-26-30-34-40(49)58-36-39(37-59-62(56,57)61-47-45(54)43(52)42(51)44(53)46(47)55)60-41(50)35-31-27-24-21-18-15-16-19-22-25-29-33-38(48)32-28-6-4-2/h9-10,12-13,15-16,21-22,24-25,29,33,39,42-47,51-55H,3-8,11,14,17-20,23,26-28,30-32,34-37H2,1-2H3,(H,56,57)/b10-9-,13-12-,16-15-,24-21-,25-22-,33-29+/t39-,42?,43-,44+,45-,46-,47?/m1/s1. The molecule has 1 rings (SSSR count). The normalized spacial score (nSPS) is 22.5. The van der Waals surface area contributed by atoms with E-state index in [0.717, 1.165) is 70.6 Å². The molecule has 0 aromatic rings. The van der Waals surface area contributed by atoms with Crippen LogP contribution < -0.4 is 0 Å². The molecule has 0 amide bonds. The van der Waals surface area contributed by atoms with Gasteiger partial charge in [0.05, 0.1) is 6.61 Å². The minimum absolute atomic E-state index is 0.0120. The third-order valence-electron chi connectivity index (χ3n) is 10.00. The third kappa shape index (κ3) is 28.6. The number of unbranched alkanes of at least 4 members (excludes halogenated alkanes) is 11. The molecule has 1 fully saturated rings. The van der Waals surface area contributed by atoms with E-state index in [4.69, 9.17) is 18.5 Å². The summed E-state index contributed by atoms with van der Waals surface area (Å²) in [5, 5.41) is 50.1. The van der Waals surface area contributed by atoms with E-state index in [1.807, 2.05) is 36.5 Å². The van der Waals surface area contributed by atoms with Gasteiger partial charge in [-0.15, -0.1) is 0 Å². The smallest absolute Gasteiger partial charge is 0.462 e. The number of aliphatic hydroxyl groups excluding tert-OH is 5. The summed E-state index contributed by atoms with van der Waals surface area (Å²) in [6, 6.07) is 0. The lowest BCUT2D eigenvalue weighted by molar-refractivity contribution is -0.220. The van der Waals surface area contributed by atoms with Crippen LogP contribution in [0.4, 0.5) is 0 Å². The lowest BCUT2D eigenvalue weighted by Crippen LogP contribution is -2.64. The molecule has 1 aliphatic carbocycles. The first-order valence-electron chi connectivity index (χ1n) is 22.7. The zero-order chi connectivity index (χ0) is 45.9. The minimum Gasteiger partial charge on any atom is -0.462 e. The number of esters is 2. The number of allylic oxidation sites excluding steroid dienone is 12. The molecule has 0 heterocycles. The second-order valence-corrected chi connectivity index (χ2v) is 17.0. The van der Waals surface area contributed by atoms with Crippen LogP contribution in [0.2, 0.25) is 0 Å². The van der Waals surface area contributed by atoms with Crippen LogP contribution >= 0.6 is 7.82 Å². The summed E-state index contributed by atoms with van der Waals surface area (Å²) < 4.78 is 33.4. The van der Waals surface area contributed by atoms with E-state index in [2.05, 4.69) is 38.2 Å². The average Bonchev–Trinajstić information content (AvgIpc) is 3.25. The molecule has 6 N–H and O–H groups in total. The summed E-state index contributed by atoms with van der Waals surface area (Å²) in [5.41, 5.74) is 0. The quantitative estimate of drug-likeness (QED) is 0.00878. The summed E-state index contributed by atoms with van der Waals surface area (Å²) >= 11 is 0. The van der Waals surface area contributed by atoms with Crippen LogP contribution in [0.5, 0.6) is 0 Å². The fourth-order valence-corrected chi connectivity index (χ4v) is 7.24. The van der Waals surface area contributed by atoms with Gasteiger partial charge in [0.15, 0.2) is 11.9 Å². The van der Waals surface area contributed by atoms with Gasteiger partial charge in [-0.3, -0.25) is 23.4 Å². The molecule has 14 nitrogen and oxygen atoms in total. The molecule has 0 spiro atoms. The van der Waals surface area contributed by atoms with Crippen LogP contribution in [-0.4, -0.2) is 104 Å². The number of carbonyl (C=O) groups is 3. The maximum atomic E-state index is 12.8. The highest BCUT2D eigenvalue weighted by Crippen LogP contribution is 2.47. The number of rotatable bonds is 36. The zero-order valence-electron chi connectivity index (χ0n) is 37.1. The molecule has 62 heavy (non-hydrogen) atoms. The molecule has 1 aliphatic rings. The van der Waals surface area contributed by atoms with Crippen molar-refractivity contribution in [3.63, 3.8) is 0 Å². The van der Waals surface area contributed by atoms with Gasteiger partial charge in [-0.1, -0.05) is 126 Å². The summed E-state index contributed by atoms with van der Waals surface area (Å²) in [7, 11) is -5.15. The average molecular weight is 897 g/mol. The Hall–Kier alpha value is -3.04. The molecule has 0 bridgehead atoms. The van der Waals surface area contributed by atoms with Gasteiger partial charge in [0.1, 0.15) is 43.2 Å². The second kappa shape index (κ2) is 36.3. The number of phosphoric acid groups is 1. The first-order valence-corrected chi connectivity index (χ1v) is 24.2. The van der Waals surface area contributed by atoms with E-state index in [0.29, 0.717) is 32.1 Å². The van der Waals surface area contributed by atoms with Crippen molar-refractivity contribution in [2.75, 3.05) is 13.2 Å². The maximum absolute atomic E-state index is 12.8. The van der Waals surface area contributed by atoms with E-state index < -0.39 is 75.7 Å². The predicted octanol–water partition coefficient (Wildman–Crippen LogP) is 7.90. The van der Waals surface area contributed by atoms with Crippen molar-refractivity contribution < 1.29 is 67.9 Å². The number of ketones is 1. The van der Waals surface area contributed by atoms with Crippen molar-refractivity contribution >= 4 is 25.5 Å². The largest absolute Gasteiger partial charge is 0.472 e. The van der Waals surface area contributed by atoms with Crippen molar-refractivity contribution in [3.05, 3.63) is 72.9 Å². The van der Waals surface area contributed by atoms with Crippen LogP contribution in [0.25, 0.3) is 0 Å². The molecule has 354 valence electrons. The van der Waals surface area contributed by atoms with Gasteiger partial charge < -0.3 is 39.9 Å². The first-order chi connectivity index (χ1) is 29.8. The molecule has 0 aliphatic heterocycles. The van der Waals surface area contributed by atoms with Gasteiger partial charge >= 0.3 is 19.8 Å². The zero-order valence-corrected chi connectivity index (χ0v) is 38.0. The first kappa shape index (κ1) is 57.0. The highest BCUT2D eigenvalue weighted by Gasteiger charge is 2.51. The van der Waals surface area contributed by atoms with Gasteiger partial charge in [0.2, 0.25) is 0 Å². The van der Waals surface area contributed by atoms with Crippen molar-refractivity contribution in [1.82, 2.24) is 0 Å². The Morgan fingerprint density at radius 1 is 0.548 bits per heavy atom. The molecule has 0 saturated heterocycles. The molecule has 1 saturated carbocycles. The van der Waals surface area contributed by atoms with Gasteiger partial charge in [-0.05, 0) is 76.7 Å². The summed E-state index contributed by atoms with van der Waals surface area (Å²) in [5.74, 6) is -1.09. The van der Waals surface area contributed by atoms with Crippen molar-refractivity contribution in [2.24, 2.45) is 0 Å². The Morgan fingerprint density at radius 2 is 1.03 bits per heavy atom. The Morgan fingerprint density at radius 3 is 1.66 bits per heavy atom. The number of aliphatic hydroxyl groups is 5. The number of hydrogen-bond donors (Lipinski definition) is 6. The Labute approximate surface area is 370 Å². The van der Waals surface area contributed by atoms with E-state index in [1.165, 1.54) is 19.3 Å². The molecule has 0 radical (unpaired) electrons. The molecule has 3 unspecified atom stereocenters. The fraction of sp³-hybridized carbons (Fsp3) is 0.681. The second-order valence-electron chi connectivity index (χ2n) is 15.6. The van der Waals surface area contributed by atoms with E-state index >= 15 is 0 Å². The van der Waals surface area contributed by atoms with Crippen molar-refractivity contribution in [1.29, 1.82) is 0 Å². The lowest BCUT2D eigenvalue weighted by atomic mass is 9.85. The van der Waals surface area contributed by atoms with Crippen molar-refractivity contribution in [2.45, 2.75) is 191 Å². The molecule has 0 aromatic carbocycles. The van der Waals surface area contributed by atoms with Crippen LogP contribution in [0, 0.1) is 0 Å². The third-order valence-corrected chi connectivity index (χ3v) is 11.0. The molecule has 15 heteroatoms. The summed E-state index contributed by atoms with van der Waals surface area (Å²) in [4.78, 5) is 47.4.